The highest BCUT2D eigenvalue weighted by Crippen LogP contribution is 2.37. The molecule has 2 aromatic rings. The average Bonchev–Trinajstić information content (AvgIpc) is 2.67. The van der Waals surface area contributed by atoms with Crippen molar-refractivity contribution >= 4 is 23.0 Å². The van der Waals surface area contributed by atoms with Crippen molar-refractivity contribution < 1.29 is 22.7 Å². The molecule has 28 heavy (non-hydrogen) atoms. The Morgan fingerprint density at radius 2 is 1.89 bits per heavy atom. The van der Waals surface area contributed by atoms with Crippen LogP contribution in [0.5, 0.6) is 0 Å². The number of aryl methyl sites for hydroxylation is 1. The Hall–Kier alpha value is -2.81. The standard InChI is InChI=1S/C19H21F3N4O2/c1-12-9-17(15(11-24-12)19(20,21)22)25-16-4-3-13(10-14(16)18(27)23-2)26-5-7-28-8-6-26/h3-4,9-11H,5-8H2,1-2H3,(H,23,27)(H,24,25). The van der Waals surface area contributed by atoms with Crippen LogP contribution in [0.25, 0.3) is 0 Å². The van der Waals surface area contributed by atoms with E-state index < -0.39 is 17.6 Å². The van der Waals surface area contributed by atoms with Gasteiger partial charge in [-0.1, -0.05) is 0 Å². The molecule has 3 rings (SSSR count). The summed E-state index contributed by atoms with van der Waals surface area (Å²) in [6.45, 7) is 4.14. The largest absolute Gasteiger partial charge is 0.419 e. The quantitative estimate of drug-likeness (QED) is 0.833. The van der Waals surface area contributed by atoms with Crippen LogP contribution in [0.15, 0.2) is 30.5 Å². The summed E-state index contributed by atoms with van der Waals surface area (Å²) in [7, 11) is 1.48. The van der Waals surface area contributed by atoms with E-state index in [-0.39, 0.29) is 16.9 Å². The van der Waals surface area contributed by atoms with Crippen molar-refractivity contribution in [2.75, 3.05) is 43.6 Å². The van der Waals surface area contributed by atoms with E-state index in [0.717, 1.165) is 11.9 Å². The Kier molecular flexibility index (Phi) is 5.73. The lowest BCUT2D eigenvalue weighted by atomic mass is 10.1. The number of benzene rings is 1. The molecule has 0 spiro atoms. The second kappa shape index (κ2) is 8.05. The van der Waals surface area contributed by atoms with Crippen molar-refractivity contribution in [2.45, 2.75) is 13.1 Å². The highest BCUT2D eigenvalue weighted by Gasteiger charge is 2.34. The van der Waals surface area contributed by atoms with Gasteiger partial charge in [-0.15, -0.1) is 0 Å². The molecule has 1 aromatic carbocycles. The SMILES string of the molecule is CNC(=O)c1cc(N2CCOCC2)ccc1Nc1cc(C)ncc1C(F)(F)F. The van der Waals surface area contributed by atoms with Gasteiger partial charge in [-0.2, -0.15) is 13.2 Å². The maximum Gasteiger partial charge on any atom is 0.419 e. The Morgan fingerprint density at radius 1 is 1.18 bits per heavy atom. The van der Waals surface area contributed by atoms with E-state index in [0.29, 0.717) is 32.0 Å². The number of amides is 1. The van der Waals surface area contributed by atoms with Crippen molar-refractivity contribution in [3.8, 4) is 0 Å². The number of ether oxygens (including phenoxy) is 1. The lowest BCUT2D eigenvalue weighted by Gasteiger charge is -2.29. The van der Waals surface area contributed by atoms with Gasteiger partial charge in [0.2, 0.25) is 0 Å². The van der Waals surface area contributed by atoms with E-state index in [2.05, 4.69) is 20.5 Å². The Morgan fingerprint density at radius 3 is 2.54 bits per heavy atom. The molecule has 0 radical (unpaired) electrons. The third kappa shape index (κ3) is 4.36. The zero-order valence-electron chi connectivity index (χ0n) is 15.6. The van der Waals surface area contributed by atoms with Gasteiger partial charge in [0, 0.05) is 37.7 Å². The molecule has 2 N–H and O–H groups in total. The van der Waals surface area contributed by atoms with E-state index >= 15 is 0 Å². The number of aromatic nitrogens is 1. The maximum atomic E-state index is 13.3. The van der Waals surface area contributed by atoms with Gasteiger partial charge in [0.05, 0.1) is 35.7 Å². The van der Waals surface area contributed by atoms with Gasteiger partial charge in [-0.3, -0.25) is 9.78 Å². The molecule has 0 aliphatic carbocycles. The minimum absolute atomic E-state index is 0.149. The molecular weight excluding hydrogens is 373 g/mol. The maximum absolute atomic E-state index is 13.3. The van der Waals surface area contributed by atoms with Crippen LogP contribution in [0.3, 0.4) is 0 Å². The molecule has 2 heterocycles. The fourth-order valence-electron chi connectivity index (χ4n) is 3.02. The number of morpholine rings is 1. The summed E-state index contributed by atoms with van der Waals surface area (Å²) in [6, 6.07) is 6.38. The number of alkyl halides is 3. The molecule has 6 nitrogen and oxygen atoms in total. The lowest BCUT2D eigenvalue weighted by Crippen LogP contribution is -2.36. The van der Waals surface area contributed by atoms with Crippen LogP contribution >= 0.6 is 0 Å². The minimum Gasteiger partial charge on any atom is -0.378 e. The molecule has 0 atom stereocenters. The van der Waals surface area contributed by atoms with Gasteiger partial charge < -0.3 is 20.3 Å². The molecule has 150 valence electrons. The molecule has 1 fully saturated rings. The van der Waals surface area contributed by atoms with E-state index in [1.54, 1.807) is 25.1 Å². The summed E-state index contributed by atoms with van der Waals surface area (Å²) in [5, 5.41) is 5.31. The van der Waals surface area contributed by atoms with Gasteiger partial charge >= 0.3 is 6.18 Å². The third-order valence-corrected chi connectivity index (χ3v) is 4.47. The van der Waals surface area contributed by atoms with Crippen molar-refractivity contribution in [1.82, 2.24) is 10.3 Å². The van der Waals surface area contributed by atoms with Crippen LogP contribution in [-0.2, 0) is 10.9 Å². The van der Waals surface area contributed by atoms with Gasteiger partial charge in [-0.05, 0) is 31.2 Å². The monoisotopic (exact) mass is 394 g/mol. The highest BCUT2D eigenvalue weighted by atomic mass is 19.4. The fraction of sp³-hybridized carbons (Fsp3) is 0.368. The molecule has 1 saturated heterocycles. The number of halogens is 3. The molecule has 9 heteroatoms. The minimum atomic E-state index is -4.57. The van der Waals surface area contributed by atoms with Crippen molar-refractivity contribution in [1.29, 1.82) is 0 Å². The number of pyridine rings is 1. The summed E-state index contributed by atoms with van der Waals surface area (Å²) in [5.74, 6) is -0.392. The van der Waals surface area contributed by atoms with Gasteiger partial charge in [0.1, 0.15) is 0 Å². The van der Waals surface area contributed by atoms with Crippen molar-refractivity contribution in [3.63, 3.8) is 0 Å². The second-order valence-corrected chi connectivity index (χ2v) is 6.40. The summed E-state index contributed by atoms with van der Waals surface area (Å²) < 4.78 is 45.3. The molecule has 1 aliphatic rings. The predicted molar refractivity (Wildman–Crippen MR) is 100 cm³/mol. The summed E-state index contributed by atoms with van der Waals surface area (Å²) in [5.41, 5.74) is 0.750. The van der Waals surface area contributed by atoms with Crippen LogP contribution in [0.4, 0.5) is 30.2 Å². The number of carbonyl (C=O) groups excluding carboxylic acids is 1. The van der Waals surface area contributed by atoms with Gasteiger partial charge in [0.25, 0.3) is 5.91 Å². The molecule has 0 saturated carbocycles. The summed E-state index contributed by atoms with van der Waals surface area (Å²) in [6.07, 6.45) is -3.77. The molecule has 1 aliphatic heterocycles. The number of rotatable bonds is 4. The highest BCUT2D eigenvalue weighted by molar-refractivity contribution is 6.01. The summed E-state index contributed by atoms with van der Waals surface area (Å²) in [4.78, 5) is 18.2. The van der Waals surface area contributed by atoms with Crippen LogP contribution in [0.1, 0.15) is 21.6 Å². The number of anilines is 3. The summed E-state index contributed by atoms with van der Waals surface area (Å²) >= 11 is 0. The van der Waals surface area contributed by atoms with E-state index in [4.69, 9.17) is 4.74 Å². The zero-order chi connectivity index (χ0) is 20.3. The van der Waals surface area contributed by atoms with Crippen molar-refractivity contribution in [2.24, 2.45) is 0 Å². The van der Waals surface area contributed by atoms with Gasteiger partial charge in [-0.25, -0.2) is 0 Å². The topological polar surface area (TPSA) is 66.5 Å². The predicted octanol–water partition coefficient (Wildman–Crippen LogP) is 3.35. The van der Waals surface area contributed by atoms with Crippen molar-refractivity contribution in [3.05, 3.63) is 47.3 Å². The number of nitrogens with zero attached hydrogens (tertiary/aromatic N) is 2. The molecular formula is C19H21F3N4O2. The Balaban J connectivity index is 2.00. The normalized spacial score (nSPS) is 14.7. The van der Waals surface area contributed by atoms with Crippen LogP contribution in [0, 0.1) is 6.92 Å². The molecule has 0 bridgehead atoms. The van der Waals surface area contributed by atoms with E-state index in [1.165, 1.54) is 13.1 Å². The number of hydrogen-bond donors (Lipinski definition) is 2. The average molecular weight is 394 g/mol. The second-order valence-electron chi connectivity index (χ2n) is 6.40. The van der Waals surface area contributed by atoms with E-state index in [1.807, 2.05) is 0 Å². The number of hydrogen-bond acceptors (Lipinski definition) is 5. The number of nitrogens with one attached hydrogen (secondary N) is 2. The van der Waals surface area contributed by atoms with Crippen LogP contribution < -0.4 is 15.5 Å². The third-order valence-electron chi connectivity index (χ3n) is 4.47. The van der Waals surface area contributed by atoms with E-state index in [9.17, 15) is 18.0 Å². The molecule has 1 amide bonds. The zero-order valence-corrected chi connectivity index (χ0v) is 15.6. The molecule has 0 unspecified atom stereocenters. The lowest BCUT2D eigenvalue weighted by molar-refractivity contribution is -0.137. The first kappa shape index (κ1) is 19.9. The first-order chi connectivity index (χ1) is 13.3. The smallest absolute Gasteiger partial charge is 0.378 e. The first-order valence-electron chi connectivity index (χ1n) is 8.79. The first-order valence-corrected chi connectivity index (χ1v) is 8.79. The molecule has 1 aromatic heterocycles. The Labute approximate surface area is 160 Å². The van der Waals surface area contributed by atoms with Crippen LogP contribution in [-0.4, -0.2) is 44.2 Å². The fourth-order valence-corrected chi connectivity index (χ4v) is 3.02. The Bertz CT molecular complexity index is 865. The number of carbonyl (C=O) groups is 1. The van der Waals surface area contributed by atoms with Gasteiger partial charge in [0.15, 0.2) is 0 Å². The van der Waals surface area contributed by atoms with Crippen LogP contribution in [0.2, 0.25) is 0 Å².